The summed E-state index contributed by atoms with van der Waals surface area (Å²) in [4.78, 5) is 4.10. The van der Waals surface area contributed by atoms with Crippen molar-refractivity contribution in [3.8, 4) is 5.06 Å². The second-order valence-corrected chi connectivity index (χ2v) is 3.77. The first-order valence-corrected chi connectivity index (χ1v) is 4.82. The molecule has 2 N–H and O–H groups in total. The van der Waals surface area contributed by atoms with Gasteiger partial charge in [0.2, 0.25) is 0 Å². The van der Waals surface area contributed by atoms with E-state index in [1.165, 1.54) is 11.3 Å². The van der Waals surface area contributed by atoms with Crippen LogP contribution in [0.2, 0.25) is 0 Å². The van der Waals surface area contributed by atoms with Gasteiger partial charge in [0.25, 0.3) is 0 Å². The Morgan fingerprint density at radius 1 is 1.50 bits per heavy atom. The molecule has 0 aliphatic rings. The first-order chi connectivity index (χ1) is 6.72. The highest BCUT2D eigenvalue weighted by molar-refractivity contribution is 7.22. The molecule has 0 bridgehead atoms. The fourth-order valence-electron chi connectivity index (χ4n) is 1.24. The number of fused-ring (bicyclic) bond motifs is 1. The summed E-state index contributed by atoms with van der Waals surface area (Å²) >= 11 is 1.35. The Hall–Kier alpha value is -1.11. The molecule has 0 aliphatic heterocycles. The lowest BCUT2D eigenvalue weighted by Crippen LogP contribution is -2.29. The lowest BCUT2D eigenvalue weighted by molar-refractivity contribution is 0.426. The molecule has 0 fully saturated rings. The zero-order chi connectivity index (χ0) is 10.1. The molecule has 72 valence electrons. The minimum Gasteiger partial charge on any atom is -0.487 e. The molecule has 0 aliphatic carbocycles. The third kappa shape index (κ3) is 1.47. The van der Waals surface area contributed by atoms with Crippen molar-refractivity contribution in [1.29, 1.82) is 0 Å². The van der Waals surface area contributed by atoms with Crippen LogP contribution in [0.5, 0.6) is 5.06 Å². The number of hydrogen-bond donors (Lipinski definition) is 2. The summed E-state index contributed by atoms with van der Waals surface area (Å²) in [6, 6.07) is 3.36. The maximum atomic E-state index is 9.10. The molecule has 0 unspecified atom stereocenters. The Balaban J connectivity index is 2.66. The second-order valence-electron chi connectivity index (χ2n) is 2.76. The SMILES string of the molecule is COc1cc2nccc(B(O)O)c2s1. The molecule has 0 spiro atoms. The van der Waals surface area contributed by atoms with Gasteiger partial charge in [-0.1, -0.05) is 11.3 Å². The molecule has 14 heavy (non-hydrogen) atoms. The lowest BCUT2D eigenvalue weighted by Gasteiger charge is -1.98. The monoisotopic (exact) mass is 209 g/mol. The molecule has 0 atom stereocenters. The van der Waals surface area contributed by atoms with Crippen molar-refractivity contribution < 1.29 is 14.8 Å². The predicted octanol–water partition coefficient (Wildman–Crippen LogP) is -0.0153. The summed E-state index contributed by atoms with van der Waals surface area (Å²) in [6.45, 7) is 0. The molecule has 0 aromatic carbocycles. The maximum Gasteiger partial charge on any atom is 0.490 e. The van der Waals surface area contributed by atoms with E-state index >= 15 is 0 Å². The molecular weight excluding hydrogens is 201 g/mol. The Kier molecular flexibility index (Phi) is 2.41. The van der Waals surface area contributed by atoms with Crippen molar-refractivity contribution in [2.24, 2.45) is 0 Å². The summed E-state index contributed by atoms with van der Waals surface area (Å²) < 4.78 is 5.80. The number of methoxy groups -OCH3 is 1. The van der Waals surface area contributed by atoms with Crippen LogP contribution in [0.4, 0.5) is 0 Å². The van der Waals surface area contributed by atoms with E-state index in [-0.39, 0.29) is 0 Å². The first-order valence-electron chi connectivity index (χ1n) is 4.01. The quantitative estimate of drug-likeness (QED) is 0.682. The van der Waals surface area contributed by atoms with Crippen LogP contribution in [0.15, 0.2) is 18.3 Å². The fourth-order valence-corrected chi connectivity index (χ4v) is 2.20. The molecule has 2 aromatic heterocycles. The molecule has 2 aromatic rings. The van der Waals surface area contributed by atoms with E-state index in [1.54, 1.807) is 25.4 Å². The Morgan fingerprint density at radius 2 is 2.29 bits per heavy atom. The van der Waals surface area contributed by atoms with Gasteiger partial charge in [-0.2, -0.15) is 0 Å². The van der Waals surface area contributed by atoms with Gasteiger partial charge in [0.1, 0.15) is 0 Å². The van der Waals surface area contributed by atoms with Gasteiger partial charge in [-0.3, -0.25) is 4.98 Å². The normalized spacial score (nSPS) is 10.5. The topological polar surface area (TPSA) is 62.6 Å². The van der Waals surface area contributed by atoms with Crippen LogP contribution in [0.1, 0.15) is 0 Å². The van der Waals surface area contributed by atoms with Crippen LogP contribution in [0, 0.1) is 0 Å². The van der Waals surface area contributed by atoms with Gasteiger partial charge in [0, 0.05) is 17.7 Å². The van der Waals surface area contributed by atoms with E-state index in [0.29, 0.717) is 10.5 Å². The van der Waals surface area contributed by atoms with Crippen LogP contribution >= 0.6 is 11.3 Å². The van der Waals surface area contributed by atoms with Gasteiger partial charge in [0.15, 0.2) is 5.06 Å². The minimum atomic E-state index is -1.47. The molecular formula is C8H8BNO3S. The van der Waals surface area contributed by atoms with E-state index in [4.69, 9.17) is 14.8 Å². The molecule has 4 nitrogen and oxygen atoms in total. The minimum absolute atomic E-state index is 0.461. The van der Waals surface area contributed by atoms with Crippen LogP contribution < -0.4 is 10.2 Å². The second kappa shape index (κ2) is 3.57. The van der Waals surface area contributed by atoms with Gasteiger partial charge >= 0.3 is 7.12 Å². The summed E-state index contributed by atoms with van der Waals surface area (Å²) in [5.74, 6) is 0. The fraction of sp³-hybridized carbons (Fsp3) is 0.125. The van der Waals surface area contributed by atoms with Crippen molar-refractivity contribution in [3.05, 3.63) is 18.3 Å². The number of thiophene rings is 1. The van der Waals surface area contributed by atoms with Gasteiger partial charge in [-0.15, -0.1) is 0 Å². The summed E-state index contributed by atoms with van der Waals surface area (Å²) in [5, 5.41) is 18.9. The number of rotatable bonds is 2. The van der Waals surface area contributed by atoms with Crippen LogP contribution in [0.25, 0.3) is 10.2 Å². The van der Waals surface area contributed by atoms with Crippen molar-refractivity contribution in [1.82, 2.24) is 4.98 Å². The Bertz CT molecular complexity index is 457. The molecule has 2 rings (SSSR count). The smallest absolute Gasteiger partial charge is 0.487 e. The highest BCUT2D eigenvalue weighted by Gasteiger charge is 2.17. The van der Waals surface area contributed by atoms with Crippen LogP contribution in [-0.2, 0) is 0 Å². The van der Waals surface area contributed by atoms with Crippen molar-refractivity contribution >= 4 is 34.1 Å². The number of aromatic nitrogens is 1. The predicted molar refractivity (Wildman–Crippen MR) is 56.0 cm³/mol. The molecule has 6 heteroatoms. The van der Waals surface area contributed by atoms with E-state index in [0.717, 1.165) is 10.2 Å². The average molecular weight is 209 g/mol. The molecule has 0 radical (unpaired) electrons. The summed E-state index contributed by atoms with van der Waals surface area (Å²) in [7, 11) is 0.101. The number of pyridine rings is 1. The van der Waals surface area contributed by atoms with Crippen LogP contribution in [0.3, 0.4) is 0 Å². The largest absolute Gasteiger partial charge is 0.490 e. The molecule has 0 saturated heterocycles. The zero-order valence-corrected chi connectivity index (χ0v) is 8.28. The zero-order valence-electron chi connectivity index (χ0n) is 7.47. The molecule has 0 saturated carbocycles. The standard InChI is InChI=1S/C8H8BNO3S/c1-13-7-4-6-8(14-7)5(9(11)12)2-3-10-6/h2-4,11-12H,1H3. The van der Waals surface area contributed by atoms with Crippen LogP contribution in [-0.4, -0.2) is 29.3 Å². The molecule has 2 heterocycles. The third-order valence-electron chi connectivity index (χ3n) is 1.90. The average Bonchev–Trinajstić information content (AvgIpc) is 2.59. The van der Waals surface area contributed by atoms with Gasteiger partial charge in [-0.05, 0) is 6.07 Å². The Labute approximate surface area is 84.9 Å². The highest BCUT2D eigenvalue weighted by atomic mass is 32.1. The maximum absolute atomic E-state index is 9.10. The molecule has 0 amide bonds. The summed E-state index contributed by atoms with van der Waals surface area (Å²) in [6.07, 6.45) is 1.54. The first kappa shape index (κ1) is 9.45. The van der Waals surface area contributed by atoms with E-state index in [2.05, 4.69) is 4.98 Å². The van der Waals surface area contributed by atoms with Crippen molar-refractivity contribution in [2.75, 3.05) is 7.11 Å². The third-order valence-corrected chi connectivity index (χ3v) is 3.03. The van der Waals surface area contributed by atoms with Gasteiger partial charge in [-0.25, -0.2) is 0 Å². The highest BCUT2D eigenvalue weighted by Crippen LogP contribution is 2.28. The Morgan fingerprint density at radius 3 is 2.93 bits per heavy atom. The van der Waals surface area contributed by atoms with Crippen molar-refractivity contribution in [2.45, 2.75) is 0 Å². The summed E-state index contributed by atoms with van der Waals surface area (Å²) in [5.41, 5.74) is 1.18. The lowest BCUT2D eigenvalue weighted by atomic mass is 9.81. The van der Waals surface area contributed by atoms with Gasteiger partial charge in [0.05, 0.1) is 17.3 Å². The van der Waals surface area contributed by atoms with Crippen molar-refractivity contribution in [3.63, 3.8) is 0 Å². The van der Waals surface area contributed by atoms with E-state index in [9.17, 15) is 0 Å². The van der Waals surface area contributed by atoms with Gasteiger partial charge < -0.3 is 14.8 Å². The van der Waals surface area contributed by atoms with E-state index in [1.807, 2.05) is 0 Å². The number of hydrogen-bond acceptors (Lipinski definition) is 5. The van der Waals surface area contributed by atoms with E-state index < -0.39 is 7.12 Å². The number of ether oxygens (including phenoxy) is 1. The number of nitrogens with zero attached hydrogens (tertiary/aromatic N) is 1.